The quantitative estimate of drug-likeness (QED) is 0.766. The van der Waals surface area contributed by atoms with Gasteiger partial charge in [-0.25, -0.2) is 0 Å². The predicted molar refractivity (Wildman–Crippen MR) is 107 cm³/mol. The van der Waals surface area contributed by atoms with E-state index in [0.29, 0.717) is 6.54 Å². The summed E-state index contributed by atoms with van der Waals surface area (Å²) < 4.78 is 0. The molecule has 5 nitrogen and oxygen atoms in total. The number of amides is 2. The van der Waals surface area contributed by atoms with E-state index in [2.05, 4.69) is 24.1 Å². The SMILES string of the molecule is CC[C@H](C)N(Cc1cc(NC(=O)C(C)C)ccc1N(C)C)C(=O)C1CC1. The van der Waals surface area contributed by atoms with Gasteiger partial charge in [0, 0.05) is 49.9 Å². The molecule has 0 heterocycles. The number of benzene rings is 1. The van der Waals surface area contributed by atoms with Gasteiger partial charge in [-0.3, -0.25) is 9.59 Å². The number of rotatable bonds is 8. The first-order valence-electron chi connectivity index (χ1n) is 9.66. The Bertz CT molecular complexity index is 651. The van der Waals surface area contributed by atoms with Gasteiger partial charge in [0.15, 0.2) is 0 Å². The molecule has 1 aliphatic carbocycles. The van der Waals surface area contributed by atoms with Gasteiger partial charge in [0.05, 0.1) is 0 Å². The van der Waals surface area contributed by atoms with E-state index in [1.54, 1.807) is 0 Å². The summed E-state index contributed by atoms with van der Waals surface area (Å²) in [5.41, 5.74) is 2.92. The second-order valence-corrected chi connectivity index (χ2v) is 7.88. The Balaban J connectivity index is 2.30. The molecule has 0 aromatic heterocycles. The van der Waals surface area contributed by atoms with Crippen molar-refractivity contribution in [3.05, 3.63) is 23.8 Å². The van der Waals surface area contributed by atoms with Crippen molar-refractivity contribution in [3.63, 3.8) is 0 Å². The highest BCUT2D eigenvalue weighted by molar-refractivity contribution is 5.92. The first-order valence-corrected chi connectivity index (χ1v) is 9.66. The molecule has 144 valence electrons. The van der Waals surface area contributed by atoms with Gasteiger partial charge in [-0.2, -0.15) is 0 Å². The Hall–Kier alpha value is -2.04. The topological polar surface area (TPSA) is 52.7 Å². The Morgan fingerprint density at radius 2 is 1.85 bits per heavy atom. The maximum atomic E-state index is 12.8. The molecule has 0 spiro atoms. The fourth-order valence-corrected chi connectivity index (χ4v) is 2.93. The normalized spacial score (nSPS) is 14.9. The number of hydrogen-bond acceptors (Lipinski definition) is 3. The number of hydrogen-bond donors (Lipinski definition) is 1. The second-order valence-electron chi connectivity index (χ2n) is 7.88. The zero-order valence-electron chi connectivity index (χ0n) is 17.0. The van der Waals surface area contributed by atoms with Crippen molar-refractivity contribution in [1.29, 1.82) is 0 Å². The Kier molecular flexibility index (Phi) is 6.68. The van der Waals surface area contributed by atoms with E-state index in [9.17, 15) is 9.59 Å². The van der Waals surface area contributed by atoms with Crippen LogP contribution in [0.15, 0.2) is 18.2 Å². The van der Waals surface area contributed by atoms with Gasteiger partial charge < -0.3 is 15.1 Å². The zero-order chi connectivity index (χ0) is 19.4. The molecule has 26 heavy (non-hydrogen) atoms. The number of anilines is 2. The molecule has 1 saturated carbocycles. The summed E-state index contributed by atoms with van der Waals surface area (Å²) >= 11 is 0. The third-order valence-corrected chi connectivity index (χ3v) is 5.03. The first-order chi connectivity index (χ1) is 12.2. The second kappa shape index (κ2) is 8.56. The van der Waals surface area contributed by atoms with Crippen LogP contribution >= 0.6 is 0 Å². The van der Waals surface area contributed by atoms with Crippen molar-refractivity contribution in [2.24, 2.45) is 11.8 Å². The summed E-state index contributed by atoms with van der Waals surface area (Å²) in [6.07, 6.45) is 2.95. The van der Waals surface area contributed by atoms with Crippen molar-refractivity contribution in [2.45, 2.75) is 59.5 Å². The van der Waals surface area contributed by atoms with Gasteiger partial charge >= 0.3 is 0 Å². The largest absolute Gasteiger partial charge is 0.377 e. The number of nitrogens with one attached hydrogen (secondary N) is 1. The lowest BCUT2D eigenvalue weighted by atomic mass is 10.1. The van der Waals surface area contributed by atoms with Gasteiger partial charge in [0.25, 0.3) is 0 Å². The fraction of sp³-hybridized carbons (Fsp3) is 0.619. The lowest BCUT2D eigenvalue weighted by Crippen LogP contribution is -2.39. The summed E-state index contributed by atoms with van der Waals surface area (Å²) in [4.78, 5) is 28.9. The molecule has 0 saturated heterocycles. The number of nitrogens with zero attached hydrogens (tertiary/aromatic N) is 2. The molecule has 1 N–H and O–H groups in total. The maximum Gasteiger partial charge on any atom is 0.226 e. The average molecular weight is 360 g/mol. The van der Waals surface area contributed by atoms with Crippen molar-refractivity contribution < 1.29 is 9.59 Å². The lowest BCUT2D eigenvalue weighted by molar-refractivity contribution is -0.135. The van der Waals surface area contributed by atoms with Crippen molar-refractivity contribution in [1.82, 2.24) is 4.90 Å². The van der Waals surface area contributed by atoms with Crippen LogP contribution in [-0.4, -0.2) is 36.9 Å². The minimum absolute atomic E-state index is 0.00129. The third-order valence-electron chi connectivity index (χ3n) is 5.03. The Labute approximate surface area is 157 Å². The zero-order valence-corrected chi connectivity index (χ0v) is 17.0. The van der Waals surface area contributed by atoms with Crippen LogP contribution in [0.25, 0.3) is 0 Å². The highest BCUT2D eigenvalue weighted by Crippen LogP contribution is 2.34. The molecule has 0 aliphatic heterocycles. The standard InChI is InChI=1S/C21H33N3O2/c1-7-15(4)24(21(26)16-8-9-16)13-17-12-18(22-20(25)14(2)3)10-11-19(17)23(5)6/h10-12,14-16H,7-9,13H2,1-6H3,(H,22,25)/t15-/m0/s1. The van der Waals surface area contributed by atoms with Crippen LogP contribution in [0, 0.1) is 11.8 Å². The van der Waals surface area contributed by atoms with Crippen LogP contribution < -0.4 is 10.2 Å². The molecule has 1 atom stereocenters. The smallest absolute Gasteiger partial charge is 0.226 e. The van der Waals surface area contributed by atoms with Crippen LogP contribution in [0.1, 0.15) is 52.5 Å². The highest BCUT2D eigenvalue weighted by Gasteiger charge is 2.35. The van der Waals surface area contributed by atoms with Gasteiger partial charge in [-0.15, -0.1) is 0 Å². The maximum absolute atomic E-state index is 12.8. The van der Waals surface area contributed by atoms with Crippen LogP contribution in [0.4, 0.5) is 11.4 Å². The van der Waals surface area contributed by atoms with Crippen LogP contribution in [0.3, 0.4) is 0 Å². The van der Waals surface area contributed by atoms with E-state index in [4.69, 9.17) is 0 Å². The van der Waals surface area contributed by atoms with E-state index in [1.165, 1.54) is 0 Å². The predicted octanol–water partition coefficient (Wildman–Crippen LogP) is 3.88. The van der Waals surface area contributed by atoms with E-state index < -0.39 is 0 Å². The van der Waals surface area contributed by atoms with E-state index in [-0.39, 0.29) is 29.7 Å². The molecule has 1 fully saturated rings. The molecule has 1 aromatic rings. The number of carbonyl (C=O) groups is 2. The molecule has 2 rings (SSSR count). The summed E-state index contributed by atoms with van der Waals surface area (Å²) in [5, 5.41) is 2.97. The van der Waals surface area contributed by atoms with Gasteiger partial charge in [0.1, 0.15) is 0 Å². The van der Waals surface area contributed by atoms with E-state index >= 15 is 0 Å². The lowest BCUT2D eigenvalue weighted by Gasteiger charge is -2.31. The first kappa shape index (κ1) is 20.3. The summed E-state index contributed by atoms with van der Waals surface area (Å²) in [7, 11) is 4.00. The Morgan fingerprint density at radius 3 is 2.35 bits per heavy atom. The summed E-state index contributed by atoms with van der Waals surface area (Å²) in [6, 6.07) is 6.15. The minimum Gasteiger partial charge on any atom is -0.377 e. The molecule has 0 radical (unpaired) electrons. The number of carbonyl (C=O) groups excluding carboxylic acids is 2. The van der Waals surface area contributed by atoms with Gasteiger partial charge in [-0.1, -0.05) is 20.8 Å². The van der Waals surface area contributed by atoms with Crippen LogP contribution in [0.2, 0.25) is 0 Å². The highest BCUT2D eigenvalue weighted by atomic mass is 16.2. The monoisotopic (exact) mass is 359 g/mol. The molecule has 0 unspecified atom stereocenters. The van der Waals surface area contributed by atoms with Crippen molar-refractivity contribution in [3.8, 4) is 0 Å². The van der Waals surface area contributed by atoms with Gasteiger partial charge in [0.2, 0.25) is 11.8 Å². The molecule has 1 aromatic carbocycles. The molecular formula is C21H33N3O2. The van der Waals surface area contributed by atoms with E-state index in [0.717, 1.165) is 36.2 Å². The van der Waals surface area contributed by atoms with Crippen LogP contribution in [-0.2, 0) is 16.1 Å². The third kappa shape index (κ3) is 4.99. The van der Waals surface area contributed by atoms with Crippen molar-refractivity contribution >= 4 is 23.2 Å². The summed E-state index contributed by atoms with van der Waals surface area (Å²) in [6.45, 7) is 8.56. The average Bonchev–Trinajstić information content (AvgIpc) is 3.43. The molecular weight excluding hydrogens is 326 g/mol. The molecule has 5 heteroatoms. The van der Waals surface area contributed by atoms with Crippen LogP contribution in [0.5, 0.6) is 0 Å². The van der Waals surface area contributed by atoms with E-state index in [1.807, 2.05) is 51.0 Å². The van der Waals surface area contributed by atoms with Crippen molar-refractivity contribution in [2.75, 3.05) is 24.3 Å². The fourth-order valence-electron chi connectivity index (χ4n) is 2.93. The molecule has 0 bridgehead atoms. The summed E-state index contributed by atoms with van der Waals surface area (Å²) in [5.74, 6) is 0.401. The van der Waals surface area contributed by atoms with Gasteiger partial charge in [-0.05, 0) is 49.9 Å². The Morgan fingerprint density at radius 1 is 1.19 bits per heavy atom. The molecule has 2 amide bonds. The molecule has 1 aliphatic rings. The minimum atomic E-state index is -0.0694.